The van der Waals surface area contributed by atoms with Gasteiger partial charge in [-0.05, 0) is 66.1 Å². The van der Waals surface area contributed by atoms with Crippen molar-refractivity contribution in [2.75, 3.05) is 0 Å². The predicted molar refractivity (Wildman–Crippen MR) is 98.0 cm³/mol. The van der Waals surface area contributed by atoms with Crippen molar-refractivity contribution in [3.05, 3.63) is 23.8 Å². The molecule has 27 heavy (non-hydrogen) atoms. The molecule has 7 nitrogen and oxygen atoms in total. The lowest BCUT2D eigenvalue weighted by Crippen LogP contribution is -2.41. The van der Waals surface area contributed by atoms with Crippen LogP contribution in [0.5, 0.6) is 5.75 Å². The van der Waals surface area contributed by atoms with E-state index in [4.69, 9.17) is 14.0 Å². The second kappa shape index (κ2) is 6.75. The van der Waals surface area contributed by atoms with Crippen LogP contribution in [-0.2, 0) is 24.5 Å². The molecular weight excluding hydrogens is 378 g/mol. The Bertz CT molecular complexity index is 827. The van der Waals surface area contributed by atoms with Gasteiger partial charge in [-0.3, -0.25) is 0 Å². The zero-order valence-electron chi connectivity index (χ0n) is 16.5. The van der Waals surface area contributed by atoms with Gasteiger partial charge in [-0.25, -0.2) is 4.79 Å². The zero-order chi connectivity index (χ0) is 20.8. The molecule has 1 aliphatic rings. The molecule has 1 aromatic carbocycles. The van der Waals surface area contributed by atoms with Gasteiger partial charge in [0.15, 0.2) is 5.75 Å². The van der Waals surface area contributed by atoms with Crippen molar-refractivity contribution in [3.63, 3.8) is 0 Å². The van der Waals surface area contributed by atoms with E-state index in [0.717, 1.165) is 0 Å². The number of carbonyl (C=O) groups excluding carboxylic acids is 1. The minimum Gasteiger partial charge on any atom is -0.456 e. The first-order chi connectivity index (χ1) is 12.0. The maximum Gasteiger partial charge on any atom is 0.494 e. The lowest BCUT2D eigenvalue weighted by Gasteiger charge is -2.32. The average Bonchev–Trinajstić information content (AvgIpc) is 2.63. The zero-order valence-corrected chi connectivity index (χ0v) is 17.3. The fraction of sp³-hybridized carbons (Fsp3) is 0.588. The molecule has 150 valence electrons. The van der Waals surface area contributed by atoms with Crippen LogP contribution >= 0.6 is 0 Å². The Morgan fingerprint density at radius 3 is 2.07 bits per heavy atom. The number of halogens is 1. The van der Waals surface area contributed by atoms with Crippen LogP contribution in [0.4, 0.5) is 3.89 Å². The van der Waals surface area contributed by atoms with Crippen molar-refractivity contribution in [1.82, 2.24) is 0 Å². The molecule has 0 aromatic heterocycles. The van der Waals surface area contributed by atoms with Crippen LogP contribution in [0.3, 0.4) is 0 Å². The summed E-state index contributed by atoms with van der Waals surface area (Å²) in [6, 6.07) is 3.99. The summed E-state index contributed by atoms with van der Waals surface area (Å²) in [7, 11) is -6.19. The van der Waals surface area contributed by atoms with Crippen molar-refractivity contribution in [1.29, 1.82) is 0 Å². The molecule has 0 amide bonds. The molecule has 1 aromatic rings. The van der Waals surface area contributed by atoms with E-state index >= 15 is 0 Å². The largest absolute Gasteiger partial charge is 0.494 e. The number of esters is 1. The number of ether oxygens (including phenoxy) is 1. The Kier molecular flexibility index (Phi) is 5.42. The van der Waals surface area contributed by atoms with E-state index < -0.39 is 46.1 Å². The number of rotatable bonds is 4. The summed E-state index contributed by atoms with van der Waals surface area (Å²) < 4.78 is 56.5. The van der Waals surface area contributed by atoms with E-state index in [2.05, 4.69) is 4.18 Å². The van der Waals surface area contributed by atoms with E-state index in [0.29, 0.717) is 5.46 Å². The van der Waals surface area contributed by atoms with Crippen molar-refractivity contribution in [2.45, 2.75) is 65.3 Å². The van der Waals surface area contributed by atoms with Crippen LogP contribution in [0.15, 0.2) is 18.2 Å². The summed E-state index contributed by atoms with van der Waals surface area (Å²) in [6.45, 7) is 12.4. The normalized spacial score (nSPS) is 19.0. The predicted octanol–water partition coefficient (Wildman–Crippen LogP) is 2.53. The number of carbonyl (C=O) groups is 1. The first kappa shape index (κ1) is 21.7. The third kappa shape index (κ3) is 5.21. The van der Waals surface area contributed by atoms with Crippen LogP contribution in [0, 0.1) is 0 Å². The Balaban J connectivity index is 2.43. The molecule has 0 radical (unpaired) electrons. The fourth-order valence-electron chi connectivity index (χ4n) is 2.34. The highest BCUT2D eigenvalue weighted by molar-refractivity contribution is 7.81. The van der Waals surface area contributed by atoms with Gasteiger partial charge in [0.25, 0.3) is 0 Å². The second-order valence-corrected chi connectivity index (χ2v) is 9.28. The fourth-order valence-corrected chi connectivity index (χ4v) is 2.69. The maximum atomic E-state index is 13.1. The molecule has 2 rings (SSSR count). The van der Waals surface area contributed by atoms with Crippen molar-refractivity contribution in [3.8, 4) is 5.75 Å². The van der Waals surface area contributed by atoms with Gasteiger partial charge in [0, 0.05) is 0 Å². The van der Waals surface area contributed by atoms with Crippen LogP contribution in [0.1, 0.15) is 58.8 Å². The summed E-state index contributed by atoms with van der Waals surface area (Å²) in [4.78, 5) is 12.3. The minimum absolute atomic E-state index is 0.230. The van der Waals surface area contributed by atoms with E-state index in [9.17, 15) is 17.1 Å². The molecule has 1 heterocycles. The molecule has 0 aliphatic carbocycles. The topological polar surface area (TPSA) is 88.1 Å². The highest BCUT2D eigenvalue weighted by atomic mass is 32.3. The van der Waals surface area contributed by atoms with Crippen molar-refractivity contribution in [2.24, 2.45) is 0 Å². The van der Waals surface area contributed by atoms with E-state index in [1.807, 2.05) is 27.7 Å². The molecule has 0 N–H and O–H groups in total. The van der Waals surface area contributed by atoms with Gasteiger partial charge in [-0.1, -0.05) is 9.95 Å². The minimum atomic E-state index is -5.35. The molecule has 0 bridgehead atoms. The lowest BCUT2D eigenvalue weighted by molar-refractivity contribution is 0.00578. The summed E-state index contributed by atoms with van der Waals surface area (Å²) in [6.07, 6.45) is 0. The summed E-state index contributed by atoms with van der Waals surface area (Å²) in [5, 5.41) is 0. The van der Waals surface area contributed by atoms with Gasteiger partial charge < -0.3 is 18.2 Å². The van der Waals surface area contributed by atoms with E-state index in [-0.39, 0.29) is 5.56 Å². The van der Waals surface area contributed by atoms with Gasteiger partial charge in [-0.2, -0.15) is 8.42 Å². The standard InChI is InChI=1S/C17H24BFO7S/c1-15(2,3)23-14(20)12-9-8-11(10-13(12)24-27(19,21)22)18-25-16(4,5)17(6,7)26-18/h8-10H,1-7H3. The third-order valence-electron chi connectivity index (χ3n) is 4.34. The Labute approximate surface area is 159 Å². The molecule has 0 spiro atoms. The smallest absolute Gasteiger partial charge is 0.456 e. The molecule has 1 fully saturated rings. The molecule has 0 atom stereocenters. The van der Waals surface area contributed by atoms with Crippen LogP contribution < -0.4 is 9.65 Å². The summed E-state index contributed by atoms with van der Waals surface area (Å²) in [5.41, 5.74) is -1.94. The highest BCUT2D eigenvalue weighted by Gasteiger charge is 2.51. The number of hydrogen-bond acceptors (Lipinski definition) is 7. The van der Waals surface area contributed by atoms with Gasteiger partial charge >= 0.3 is 23.6 Å². The van der Waals surface area contributed by atoms with Gasteiger partial charge in [0.2, 0.25) is 0 Å². The van der Waals surface area contributed by atoms with Gasteiger partial charge in [-0.15, -0.1) is 0 Å². The molecule has 0 unspecified atom stereocenters. The first-order valence-electron chi connectivity index (χ1n) is 8.38. The monoisotopic (exact) mass is 402 g/mol. The SMILES string of the molecule is CC(C)(C)OC(=O)c1ccc(B2OC(C)(C)C(C)(C)O2)cc1OS(=O)(=O)F. The van der Waals surface area contributed by atoms with Crippen molar-refractivity contribution < 1.29 is 35.3 Å². The van der Waals surface area contributed by atoms with Crippen LogP contribution in [0.2, 0.25) is 0 Å². The number of hydrogen-bond donors (Lipinski definition) is 0. The lowest BCUT2D eigenvalue weighted by atomic mass is 9.78. The summed E-state index contributed by atoms with van der Waals surface area (Å²) in [5.74, 6) is -1.35. The first-order valence-corrected chi connectivity index (χ1v) is 9.69. The van der Waals surface area contributed by atoms with Crippen LogP contribution in [-0.4, -0.2) is 38.3 Å². The molecule has 0 saturated carbocycles. The Morgan fingerprint density at radius 1 is 1.11 bits per heavy atom. The molecular formula is C17H24BFO7S. The van der Waals surface area contributed by atoms with E-state index in [1.165, 1.54) is 18.2 Å². The highest BCUT2D eigenvalue weighted by Crippen LogP contribution is 2.37. The Morgan fingerprint density at radius 2 is 1.63 bits per heavy atom. The molecule has 1 saturated heterocycles. The van der Waals surface area contributed by atoms with E-state index in [1.54, 1.807) is 20.8 Å². The van der Waals surface area contributed by atoms with Crippen LogP contribution in [0.25, 0.3) is 0 Å². The third-order valence-corrected chi connectivity index (χ3v) is 4.72. The average molecular weight is 402 g/mol. The quantitative estimate of drug-likeness (QED) is 0.435. The molecule has 10 heteroatoms. The molecule has 1 aliphatic heterocycles. The Hall–Kier alpha value is -1.65. The maximum absolute atomic E-state index is 13.1. The number of benzene rings is 1. The second-order valence-electron chi connectivity index (χ2n) is 8.32. The van der Waals surface area contributed by atoms with Crippen molar-refractivity contribution >= 4 is 29.1 Å². The van der Waals surface area contributed by atoms with Gasteiger partial charge in [0.1, 0.15) is 11.2 Å². The summed E-state index contributed by atoms with van der Waals surface area (Å²) >= 11 is 0. The van der Waals surface area contributed by atoms with Gasteiger partial charge in [0.05, 0.1) is 11.2 Å².